The largest absolute Gasteiger partial charge is 0.476 e. The number of hydrogen-bond acceptors (Lipinski definition) is 3. The van der Waals surface area contributed by atoms with E-state index in [2.05, 4.69) is 42.8 Å². The van der Waals surface area contributed by atoms with Gasteiger partial charge in [-0.05, 0) is 31.8 Å². The summed E-state index contributed by atoms with van der Waals surface area (Å²) in [7, 11) is 4.04. The first-order valence-electron chi connectivity index (χ1n) is 11.2. The molecule has 5 heteroatoms. The molecule has 0 aliphatic rings. The number of likely N-dealkylation sites (N-methyl/N-ethyl adjacent to an activating group) is 1. The van der Waals surface area contributed by atoms with Crippen LogP contribution in [0.3, 0.4) is 0 Å². The van der Waals surface area contributed by atoms with E-state index in [-0.39, 0.29) is 13.3 Å². The van der Waals surface area contributed by atoms with Gasteiger partial charge in [0.2, 0.25) is 6.10 Å². The van der Waals surface area contributed by atoms with Crippen LogP contribution in [0.4, 0.5) is 0 Å². The fourth-order valence-corrected chi connectivity index (χ4v) is 3.51. The number of amides is 1. The van der Waals surface area contributed by atoms with Gasteiger partial charge in [0.15, 0.2) is 6.71 Å². The minimum absolute atomic E-state index is 0. The Balaban J connectivity index is 0.00000385. The van der Waals surface area contributed by atoms with E-state index < -0.39 is 6.10 Å². The summed E-state index contributed by atoms with van der Waals surface area (Å²) in [5.41, 5.74) is 3.21. The summed E-state index contributed by atoms with van der Waals surface area (Å²) in [4.78, 5) is 17.8. The van der Waals surface area contributed by atoms with E-state index in [1.807, 2.05) is 79.7 Å². The van der Waals surface area contributed by atoms with Crippen molar-refractivity contribution in [3.05, 3.63) is 96.1 Å². The van der Waals surface area contributed by atoms with E-state index in [1.54, 1.807) is 0 Å². The molecule has 0 saturated heterocycles. The standard InChI is InChI=1S/C27H33BN2O2.CH4/c1-28(2)24-15-17-25(18-16-24)32-26(23-13-9-6-10-14-23)27(31)30(20-19-29(3)4)21-22-11-7-5-8-12-22;/h5-18,26H,19-21H2,1-4H3;1H4. The average Bonchev–Trinajstić information content (AvgIpc) is 2.81. The van der Waals surface area contributed by atoms with Gasteiger partial charge in [-0.15, -0.1) is 0 Å². The van der Waals surface area contributed by atoms with Gasteiger partial charge in [-0.2, -0.15) is 0 Å². The van der Waals surface area contributed by atoms with Crippen LogP contribution in [0.2, 0.25) is 13.6 Å². The normalized spacial score (nSPS) is 11.4. The number of benzene rings is 3. The van der Waals surface area contributed by atoms with Crippen LogP contribution in [0.1, 0.15) is 24.7 Å². The van der Waals surface area contributed by atoms with Crippen LogP contribution in [0, 0.1) is 0 Å². The molecule has 3 aromatic rings. The third kappa shape index (κ3) is 7.79. The topological polar surface area (TPSA) is 32.8 Å². The van der Waals surface area contributed by atoms with Gasteiger partial charge in [-0.3, -0.25) is 4.79 Å². The van der Waals surface area contributed by atoms with Gasteiger partial charge in [-0.25, -0.2) is 0 Å². The highest BCUT2D eigenvalue weighted by Gasteiger charge is 2.28. The van der Waals surface area contributed by atoms with Gasteiger partial charge in [0, 0.05) is 25.2 Å². The van der Waals surface area contributed by atoms with Crippen molar-refractivity contribution in [1.82, 2.24) is 9.80 Å². The molecule has 0 aliphatic heterocycles. The second-order valence-electron chi connectivity index (χ2n) is 8.68. The molecular formula is C28H37BN2O2. The van der Waals surface area contributed by atoms with Crippen LogP contribution in [-0.4, -0.2) is 49.6 Å². The highest BCUT2D eigenvalue weighted by atomic mass is 16.5. The summed E-state index contributed by atoms with van der Waals surface area (Å²) < 4.78 is 6.32. The van der Waals surface area contributed by atoms with Gasteiger partial charge in [0.05, 0.1) is 0 Å². The van der Waals surface area contributed by atoms with Crippen molar-refractivity contribution in [1.29, 1.82) is 0 Å². The Morgan fingerprint density at radius 3 is 1.97 bits per heavy atom. The smallest absolute Gasteiger partial charge is 0.268 e. The molecule has 1 unspecified atom stereocenters. The van der Waals surface area contributed by atoms with E-state index in [0.717, 1.165) is 17.7 Å². The molecule has 1 atom stereocenters. The zero-order chi connectivity index (χ0) is 22.9. The Morgan fingerprint density at radius 1 is 0.848 bits per heavy atom. The van der Waals surface area contributed by atoms with Gasteiger partial charge >= 0.3 is 0 Å². The van der Waals surface area contributed by atoms with Crippen LogP contribution in [0.15, 0.2) is 84.9 Å². The molecule has 0 aromatic heterocycles. The second-order valence-corrected chi connectivity index (χ2v) is 8.68. The number of ether oxygens (including phenoxy) is 1. The fourth-order valence-electron chi connectivity index (χ4n) is 3.51. The number of carbonyl (C=O) groups excluding carboxylic acids is 1. The molecule has 0 N–H and O–H groups in total. The van der Waals surface area contributed by atoms with Crippen molar-refractivity contribution in [2.75, 3.05) is 27.2 Å². The number of rotatable bonds is 10. The lowest BCUT2D eigenvalue weighted by Crippen LogP contribution is -2.40. The first-order valence-corrected chi connectivity index (χ1v) is 11.2. The zero-order valence-electron chi connectivity index (χ0n) is 19.6. The van der Waals surface area contributed by atoms with Crippen molar-refractivity contribution in [3.63, 3.8) is 0 Å². The maximum absolute atomic E-state index is 13.8. The Hall–Kier alpha value is -3.05. The summed E-state index contributed by atoms with van der Waals surface area (Å²) in [6.07, 6.45) is -0.702. The molecule has 0 saturated carbocycles. The van der Waals surface area contributed by atoms with Gasteiger partial charge < -0.3 is 14.5 Å². The Labute approximate surface area is 200 Å². The third-order valence-electron chi connectivity index (χ3n) is 5.47. The predicted octanol–water partition coefficient (Wildman–Crippen LogP) is 4.99. The third-order valence-corrected chi connectivity index (χ3v) is 5.47. The lowest BCUT2D eigenvalue weighted by Gasteiger charge is -2.29. The minimum atomic E-state index is -0.702. The van der Waals surface area contributed by atoms with Gasteiger partial charge in [0.25, 0.3) is 5.91 Å². The van der Waals surface area contributed by atoms with E-state index in [1.165, 1.54) is 5.46 Å². The van der Waals surface area contributed by atoms with Crippen LogP contribution >= 0.6 is 0 Å². The van der Waals surface area contributed by atoms with Crippen molar-refractivity contribution in [2.24, 2.45) is 0 Å². The number of nitrogens with zero attached hydrogens (tertiary/aromatic N) is 2. The monoisotopic (exact) mass is 444 g/mol. The Bertz CT molecular complexity index is 960. The SMILES string of the molecule is C.CB(C)c1ccc(OC(C(=O)N(CCN(C)C)Cc2ccccc2)c2ccccc2)cc1. The van der Waals surface area contributed by atoms with Crippen molar-refractivity contribution >= 4 is 18.1 Å². The number of carbonyl (C=O) groups is 1. The summed E-state index contributed by atoms with van der Waals surface area (Å²) >= 11 is 0. The second kappa shape index (κ2) is 12.9. The summed E-state index contributed by atoms with van der Waals surface area (Å²) in [6.45, 7) is 6.73. The maximum Gasteiger partial charge on any atom is 0.268 e. The van der Waals surface area contributed by atoms with E-state index in [4.69, 9.17) is 4.74 Å². The van der Waals surface area contributed by atoms with Gasteiger partial charge in [0.1, 0.15) is 5.75 Å². The minimum Gasteiger partial charge on any atom is -0.476 e. The molecule has 174 valence electrons. The van der Waals surface area contributed by atoms with Crippen molar-refractivity contribution < 1.29 is 9.53 Å². The molecule has 1 amide bonds. The lowest BCUT2D eigenvalue weighted by atomic mass is 9.49. The van der Waals surface area contributed by atoms with E-state index in [0.29, 0.717) is 25.6 Å². The maximum atomic E-state index is 13.8. The van der Waals surface area contributed by atoms with Crippen molar-refractivity contribution in [3.8, 4) is 5.75 Å². The highest BCUT2D eigenvalue weighted by molar-refractivity contribution is 6.70. The lowest BCUT2D eigenvalue weighted by molar-refractivity contribution is -0.140. The molecule has 0 spiro atoms. The summed E-state index contributed by atoms with van der Waals surface area (Å²) in [5, 5.41) is 0. The molecule has 33 heavy (non-hydrogen) atoms. The van der Waals surface area contributed by atoms with E-state index >= 15 is 0 Å². The molecule has 0 aliphatic carbocycles. The molecule has 0 bridgehead atoms. The Kier molecular flexibility index (Phi) is 10.2. The molecule has 0 fully saturated rings. The molecular weight excluding hydrogens is 407 g/mol. The quantitative estimate of drug-likeness (QED) is 0.413. The average molecular weight is 444 g/mol. The molecule has 3 rings (SSSR count). The first-order chi connectivity index (χ1) is 15.4. The Morgan fingerprint density at radius 2 is 1.42 bits per heavy atom. The molecule has 3 aromatic carbocycles. The van der Waals surface area contributed by atoms with Gasteiger partial charge in [-0.1, -0.05) is 99.3 Å². The number of hydrogen-bond donors (Lipinski definition) is 0. The van der Waals surface area contributed by atoms with Crippen LogP contribution in [-0.2, 0) is 11.3 Å². The zero-order valence-corrected chi connectivity index (χ0v) is 19.6. The molecule has 0 heterocycles. The fraction of sp³-hybridized carbons (Fsp3) is 0.321. The summed E-state index contributed by atoms with van der Waals surface area (Å²) in [5.74, 6) is 0.665. The van der Waals surface area contributed by atoms with E-state index in [9.17, 15) is 4.79 Å². The van der Waals surface area contributed by atoms with Crippen molar-refractivity contribution in [2.45, 2.75) is 33.7 Å². The summed E-state index contributed by atoms with van der Waals surface area (Å²) in [6, 6.07) is 27.9. The molecule has 0 radical (unpaired) electrons. The predicted molar refractivity (Wildman–Crippen MR) is 141 cm³/mol. The van der Waals surface area contributed by atoms with Crippen LogP contribution in [0.5, 0.6) is 5.75 Å². The first kappa shape index (κ1) is 26.2. The molecule has 4 nitrogen and oxygen atoms in total. The highest BCUT2D eigenvalue weighted by Crippen LogP contribution is 2.24. The van der Waals surface area contributed by atoms with Crippen LogP contribution in [0.25, 0.3) is 0 Å². The van der Waals surface area contributed by atoms with Crippen LogP contribution < -0.4 is 10.2 Å².